The standard InChI is InChI=1S/C11H13N3O3S2/c15-11-10-8(1-3-18-10)13-9(14-11)5-12-7-2-4-19(16,17)6-7/h1,3,7,12H,2,4-6H2,(H,13,14,15). The molecule has 2 aromatic heterocycles. The first-order valence-corrected chi connectivity index (χ1v) is 8.64. The van der Waals surface area contributed by atoms with Crippen molar-refractivity contribution in [2.75, 3.05) is 11.5 Å². The first kappa shape index (κ1) is 12.8. The fourth-order valence-electron chi connectivity index (χ4n) is 2.20. The molecule has 0 radical (unpaired) electrons. The fourth-order valence-corrected chi connectivity index (χ4v) is 4.64. The lowest BCUT2D eigenvalue weighted by molar-refractivity contribution is 0.542. The van der Waals surface area contributed by atoms with Crippen molar-refractivity contribution >= 4 is 31.4 Å². The molecule has 0 spiro atoms. The molecule has 8 heteroatoms. The first-order chi connectivity index (χ1) is 9.03. The topological polar surface area (TPSA) is 91.9 Å². The van der Waals surface area contributed by atoms with Crippen LogP contribution in [0.2, 0.25) is 0 Å². The van der Waals surface area contributed by atoms with Gasteiger partial charge >= 0.3 is 0 Å². The summed E-state index contributed by atoms with van der Waals surface area (Å²) in [7, 11) is -2.89. The van der Waals surface area contributed by atoms with Crippen LogP contribution in [0.25, 0.3) is 10.2 Å². The molecule has 1 saturated heterocycles. The van der Waals surface area contributed by atoms with E-state index in [-0.39, 0.29) is 23.1 Å². The molecule has 0 aliphatic carbocycles. The van der Waals surface area contributed by atoms with Gasteiger partial charge in [-0.15, -0.1) is 11.3 Å². The minimum Gasteiger partial charge on any atom is -0.308 e. The summed E-state index contributed by atoms with van der Waals surface area (Å²) in [4.78, 5) is 18.8. The SMILES string of the molecule is O=c1[nH]c(CNC2CCS(=O)(=O)C2)nc2ccsc12. The van der Waals surface area contributed by atoms with Crippen molar-refractivity contribution in [3.05, 3.63) is 27.6 Å². The van der Waals surface area contributed by atoms with Gasteiger partial charge in [-0.1, -0.05) is 0 Å². The van der Waals surface area contributed by atoms with Crippen molar-refractivity contribution in [3.8, 4) is 0 Å². The largest absolute Gasteiger partial charge is 0.308 e. The Morgan fingerprint density at radius 3 is 3.11 bits per heavy atom. The van der Waals surface area contributed by atoms with Gasteiger partial charge in [0, 0.05) is 6.04 Å². The molecule has 19 heavy (non-hydrogen) atoms. The monoisotopic (exact) mass is 299 g/mol. The van der Waals surface area contributed by atoms with Crippen LogP contribution >= 0.6 is 11.3 Å². The Balaban J connectivity index is 1.74. The number of rotatable bonds is 3. The number of nitrogens with zero attached hydrogens (tertiary/aromatic N) is 1. The molecule has 1 aliphatic rings. The second-order valence-electron chi connectivity index (χ2n) is 4.63. The Morgan fingerprint density at radius 1 is 1.53 bits per heavy atom. The average molecular weight is 299 g/mol. The molecule has 0 bridgehead atoms. The minimum atomic E-state index is -2.89. The highest BCUT2D eigenvalue weighted by molar-refractivity contribution is 7.91. The Hall–Kier alpha value is -1.25. The summed E-state index contributed by atoms with van der Waals surface area (Å²) in [5.74, 6) is 0.941. The van der Waals surface area contributed by atoms with E-state index in [1.807, 2.05) is 5.38 Å². The van der Waals surface area contributed by atoms with E-state index in [0.29, 0.717) is 29.0 Å². The van der Waals surface area contributed by atoms with Crippen molar-refractivity contribution in [1.29, 1.82) is 0 Å². The lowest BCUT2D eigenvalue weighted by Gasteiger charge is -2.09. The summed E-state index contributed by atoms with van der Waals surface area (Å²) in [5.41, 5.74) is 0.542. The molecule has 102 valence electrons. The van der Waals surface area contributed by atoms with E-state index >= 15 is 0 Å². The van der Waals surface area contributed by atoms with Crippen LogP contribution in [0.1, 0.15) is 12.2 Å². The molecule has 1 unspecified atom stereocenters. The lowest BCUT2D eigenvalue weighted by Crippen LogP contribution is -2.30. The van der Waals surface area contributed by atoms with Crippen molar-refractivity contribution in [2.45, 2.75) is 19.0 Å². The maximum absolute atomic E-state index is 11.8. The van der Waals surface area contributed by atoms with E-state index < -0.39 is 9.84 Å². The molecule has 3 rings (SSSR count). The summed E-state index contributed by atoms with van der Waals surface area (Å²) in [6.45, 7) is 0.376. The van der Waals surface area contributed by atoms with Gasteiger partial charge in [0.2, 0.25) is 0 Å². The van der Waals surface area contributed by atoms with E-state index in [0.717, 1.165) is 0 Å². The molecule has 1 atom stereocenters. The predicted octanol–water partition coefficient (Wildman–Crippen LogP) is 0.261. The van der Waals surface area contributed by atoms with Gasteiger partial charge in [-0.25, -0.2) is 13.4 Å². The number of nitrogens with one attached hydrogen (secondary N) is 2. The van der Waals surface area contributed by atoms with Crippen LogP contribution in [0.15, 0.2) is 16.2 Å². The van der Waals surface area contributed by atoms with Gasteiger partial charge < -0.3 is 10.3 Å². The number of hydrogen-bond donors (Lipinski definition) is 2. The summed E-state index contributed by atoms with van der Waals surface area (Å²) < 4.78 is 23.3. The zero-order valence-electron chi connectivity index (χ0n) is 10.0. The number of fused-ring (bicyclic) bond motifs is 1. The van der Waals surface area contributed by atoms with Gasteiger partial charge in [0.15, 0.2) is 9.84 Å². The molecule has 0 amide bonds. The number of hydrogen-bond acceptors (Lipinski definition) is 6. The molecule has 0 aromatic carbocycles. The number of sulfone groups is 1. The van der Waals surface area contributed by atoms with Crippen molar-refractivity contribution in [2.24, 2.45) is 0 Å². The van der Waals surface area contributed by atoms with Crippen LogP contribution < -0.4 is 10.9 Å². The summed E-state index contributed by atoms with van der Waals surface area (Å²) >= 11 is 1.36. The highest BCUT2D eigenvalue weighted by Gasteiger charge is 2.27. The van der Waals surface area contributed by atoms with E-state index in [4.69, 9.17) is 0 Å². The van der Waals surface area contributed by atoms with Gasteiger partial charge in [-0.05, 0) is 17.9 Å². The maximum atomic E-state index is 11.8. The molecule has 6 nitrogen and oxygen atoms in total. The van der Waals surface area contributed by atoms with E-state index in [2.05, 4.69) is 15.3 Å². The Bertz CT molecular complexity index is 763. The fraction of sp³-hybridized carbons (Fsp3) is 0.455. The van der Waals surface area contributed by atoms with E-state index in [9.17, 15) is 13.2 Å². The molecule has 1 aliphatic heterocycles. The first-order valence-electron chi connectivity index (χ1n) is 5.94. The third-order valence-electron chi connectivity index (χ3n) is 3.15. The van der Waals surface area contributed by atoms with Crippen LogP contribution in [-0.4, -0.2) is 35.9 Å². The average Bonchev–Trinajstić information content (AvgIpc) is 2.93. The van der Waals surface area contributed by atoms with Gasteiger partial charge in [-0.2, -0.15) is 0 Å². The Kier molecular flexibility index (Phi) is 3.15. The summed E-state index contributed by atoms with van der Waals surface area (Å²) in [5, 5.41) is 4.96. The van der Waals surface area contributed by atoms with E-state index in [1.54, 1.807) is 6.07 Å². The molecule has 2 N–H and O–H groups in total. The molecular weight excluding hydrogens is 286 g/mol. The second kappa shape index (κ2) is 4.69. The van der Waals surface area contributed by atoms with Crippen molar-refractivity contribution in [1.82, 2.24) is 15.3 Å². The Labute approximate surface area is 113 Å². The quantitative estimate of drug-likeness (QED) is 0.848. The number of aromatic nitrogens is 2. The molecule has 1 fully saturated rings. The Morgan fingerprint density at radius 2 is 2.37 bits per heavy atom. The van der Waals surface area contributed by atoms with E-state index in [1.165, 1.54) is 11.3 Å². The van der Waals surface area contributed by atoms with Gasteiger partial charge in [0.25, 0.3) is 5.56 Å². The third-order valence-corrected chi connectivity index (χ3v) is 5.82. The molecule has 3 heterocycles. The zero-order valence-corrected chi connectivity index (χ0v) is 11.7. The summed E-state index contributed by atoms with van der Waals surface area (Å²) in [6.07, 6.45) is 0.618. The zero-order chi connectivity index (χ0) is 13.5. The second-order valence-corrected chi connectivity index (χ2v) is 7.77. The molecule has 2 aromatic rings. The highest BCUT2D eigenvalue weighted by Crippen LogP contribution is 2.14. The van der Waals surface area contributed by atoms with Gasteiger partial charge in [0.1, 0.15) is 10.5 Å². The van der Waals surface area contributed by atoms with Crippen molar-refractivity contribution in [3.63, 3.8) is 0 Å². The summed E-state index contributed by atoms with van der Waals surface area (Å²) in [6, 6.07) is 1.76. The highest BCUT2D eigenvalue weighted by atomic mass is 32.2. The number of H-pyrrole nitrogens is 1. The van der Waals surface area contributed by atoms with Crippen molar-refractivity contribution < 1.29 is 8.42 Å². The molecule has 0 saturated carbocycles. The maximum Gasteiger partial charge on any atom is 0.268 e. The normalized spacial score (nSPS) is 22.0. The minimum absolute atomic E-state index is 0.0477. The molecular formula is C11H13N3O3S2. The van der Waals surface area contributed by atoms with Crippen LogP contribution in [0.3, 0.4) is 0 Å². The van der Waals surface area contributed by atoms with Crippen LogP contribution in [-0.2, 0) is 16.4 Å². The van der Waals surface area contributed by atoms with Crippen LogP contribution in [0.4, 0.5) is 0 Å². The number of thiophene rings is 1. The van der Waals surface area contributed by atoms with Crippen LogP contribution in [0, 0.1) is 0 Å². The smallest absolute Gasteiger partial charge is 0.268 e. The van der Waals surface area contributed by atoms with Crippen LogP contribution in [0.5, 0.6) is 0 Å². The predicted molar refractivity (Wildman–Crippen MR) is 74.1 cm³/mol. The lowest BCUT2D eigenvalue weighted by atomic mass is 10.2. The van der Waals surface area contributed by atoms with Gasteiger partial charge in [-0.3, -0.25) is 4.79 Å². The van der Waals surface area contributed by atoms with Gasteiger partial charge in [0.05, 0.1) is 23.6 Å². The number of aromatic amines is 1. The third kappa shape index (κ3) is 2.70.